The standard InChI is InChI=1S/C7H12BrN3S2/c1-7(2,12-3)4-9-6-11-10-5(8)13-6/h4H2,1-3H3,(H,9,11). The molecule has 0 radical (unpaired) electrons. The summed E-state index contributed by atoms with van der Waals surface area (Å²) in [6.07, 6.45) is 2.11. The molecule has 74 valence electrons. The Labute approximate surface area is 94.8 Å². The number of rotatable bonds is 4. The zero-order chi connectivity index (χ0) is 9.90. The zero-order valence-corrected chi connectivity index (χ0v) is 11.0. The van der Waals surface area contributed by atoms with Gasteiger partial charge in [-0.2, -0.15) is 11.8 Å². The Morgan fingerprint density at radius 1 is 1.54 bits per heavy atom. The number of halogens is 1. The molecule has 1 rings (SSSR count). The van der Waals surface area contributed by atoms with Crippen molar-refractivity contribution in [2.45, 2.75) is 18.6 Å². The number of nitrogens with one attached hydrogen (secondary N) is 1. The third-order valence-corrected chi connectivity index (χ3v) is 4.18. The van der Waals surface area contributed by atoms with E-state index in [1.165, 1.54) is 11.3 Å². The van der Waals surface area contributed by atoms with Crippen molar-refractivity contribution in [1.29, 1.82) is 0 Å². The summed E-state index contributed by atoms with van der Waals surface area (Å²) in [5.74, 6) is 0. The van der Waals surface area contributed by atoms with Crippen LogP contribution in [0.25, 0.3) is 0 Å². The Morgan fingerprint density at radius 3 is 2.69 bits per heavy atom. The molecule has 0 spiro atoms. The van der Waals surface area contributed by atoms with Crippen molar-refractivity contribution >= 4 is 44.2 Å². The molecule has 1 aromatic heterocycles. The van der Waals surface area contributed by atoms with Crippen molar-refractivity contribution < 1.29 is 0 Å². The quantitative estimate of drug-likeness (QED) is 0.921. The molecular formula is C7H12BrN3S2. The molecule has 0 aromatic carbocycles. The maximum atomic E-state index is 3.95. The predicted molar refractivity (Wildman–Crippen MR) is 63.7 cm³/mol. The van der Waals surface area contributed by atoms with E-state index in [-0.39, 0.29) is 4.75 Å². The van der Waals surface area contributed by atoms with Gasteiger partial charge in [0.05, 0.1) is 0 Å². The Kier molecular flexibility index (Phi) is 4.00. The summed E-state index contributed by atoms with van der Waals surface area (Å²) in [6, 6.07) is 0. The molecule has 0 aliphatic heterocycles. The minimum Gasteiger partial charge on any atom is -0.359 e. The molecule has 0 fully saturated rings. The smallest absolute Gasteiger partial charge is 0.206 e. The average Bonchev–Trinajstić information content (AvgIpc) is 2.48. The normalized spacial score (nSPS) is 11.7. The lowest BCUT2D eigenvalue weighted by molar-refractivity contribution is 0.750. The van der Waals surface area contributed by atoms with E-state index in [0.29, 0.717) is 0 Å². The van der Waals surface area contributed by atoms with Gasteiger partial charge in [-0.1, -0.05) is 11.3 Å². The first-order valence-electron chi connectivity index (χ1n) is 3.81. The lowest BCUT2D eigenvalue weighted by Gasteiger charge is -2.21. The molecule has 0 unspecified atom stereocenters. The van der Waals surface area contributed by atoms with E-state index in [1.807, 2.05) is 11.8 Å². The van der Waals surface area contributed by atoms with Gasteiger partial charge in [-0.05, 0) is 36.0 Å². The fraction of sp³-hybridized carbons (Fsp3) is 0.714. The van der Waals surface area contributed by atoms with E-state index in [2.05, 4.69) is 51.5 Å². The summed E-state index contributed by atoms with van der Waals surface area (Å²) in [5.41, 5.74) is 0. The van der Waals surface area contributed by atoms with E-state index >= 15 is 0 Å². The van der Waals surface area contributed by atoms with E-state index in [9.17, 15) is 0 Å². The highest BCUT2D eigenvalue weighted by Crippen LogP contribution is 2.24. The monoisotopic (exact) mass is 281 g/mol. The summed E-state index contributed by atoms with van der Waals surface area (Å²) in [5, 5.41) is 11.9. The molecule has 1 N–H and O–H groups in total. The van der Waals surface area contributed by atoms with Crippen LogP contribution in [0.3, 0.4) is 0 Å². The highest BCUT2D eigenvalue weighted by molar-refractivity contribution is 9.11. The first-order valence-corrected chi connectivity index (χ1v) is 6.65. The molecule has 13 heavy (non-hydrogen) atoms. The van der Waals surface area contributed by atoms with Gasteiger partial charge >= 0.3 is 0 Å². The number of thioether (sulfide) groups is 1. The van der Waals surface area contributed by atoms with Gasteiger partial charge in [0.1, 0.15) is 0 Å². The Morgan fingerprint density at radius 2 is 2.23 bits per heavy atom. The molecule has 0 bridgehead atoms. The topological polar surface area (TPSA) is 37.8 Å². The molecule has 0 atom stereocenters. The van der Waals surface area contributed by atoms with Crippen molar-refractivity contribution in [1.82, 2.24) is 10.2 Å². The summed E-state index contributed by atoms with van der Waals surface area (Å²) in [4.78, 5) is 0. The van der Waals surface area contributed by atoms with Crippen molar-refractivity contribution in [2.75, 3.05) is 18.1 Å². The molecule has 6 heteroatoms. The fourth-order valence-electron chi connectivity index (χ4n) is 0.637. The van der Waals surface area contributed by atoms with Crippen molar-refractivity contribution in [3.63, 3.8) is 0 Å². The molecule has 0 saturated carbocycles. The molecule has 3 nitrogen and oxygen atoms in total. The lowest BCUT2D eigenvalue weighted by atomic mass is 10.2. The van der Waals surface area contributed by atoms with Gasteiger partial charge in [0.25, 0.3) is 0 Å². The van der Waals surface area contributed by atoms with Gasteiger partial charge in [-0.25, -0.2) is 0 Å². The number of nitrogens with zero attached hydrogens (tertiary/aromatic N) is 2. The Balaban J connectivity index is 2.43. The van der Waals surface area contributed by atoms with Crippen LogP contribution in [0.15, 0.2) is 3.92 Å². The van der Waals surface area contributed by atoms with Crippen LogP contribution in [0.4, 0.5) is 5.13 Å². The number of aromatic nitrogens is 2. The maximum Gasteiger partial charge on any atom is 0.206 e. The van der Waals surface area contributed by atoms with Crippen LogP contribution in [-0.2, 0) is 0 Å². The van der Waals surface area contributed by atoms with Crippen LogP contribution in [-0.4, -0.2) is 27.7 Å². The van der Waals surface area contributed by atoms with E-state index < -0.39 is 0 Å². The number of hydrogen-bond acceptors (Lipinski definition) is 5. The SMILES string of the molecule is CSC(C)(C)CNc1nnc(Br)s1. The van der Waals surface area contributed by atoms with Gasteiger partial charge in [-0.3, -0.25) is 0 Å². The zero-order valence-electron chi connectivity index (χ0n) is 7.80. The van der Waals surface area contributed by atoms with Crippen LogP contribution >= 0.6 is 39.0 Å². The highest BCUT2D eigenvalue weighted by Gasteiger charge is 2.16. The lowest BCUT2D eigenvalue weighted by Crippen LogP contribution is -2.25. The van der Waals surface area contributed by atoms with E-state index in [1.54, 1.807) is 0 Å². The Bertz CT molecular complexity index is 274. The van der Waals surface area contributed by atoms with Crippen molar-refractivity contribution in [3.05, 3.63) is 3.92 Å². The fourth-order valence-corrected chi connectivity index (χ4v) is 1.86. The third kappa shape index (κ3) is 3.83. The van der Waals surface area contributed by atoms with Gasteiger partial charge < -0.3 is 5.32 Å². The van der Waals surface area contributed by atoms with E-state index in [4.69, 9.17) is 0 Å². The first kappa shape index (κ1) is 11.3. The minimum absolute atomic E-state index is 0.234. The Hall–Kier alpha value is 0.190. The molecule has 0 aliphatic rings. The number of anilines is 1. The molecule has 0 amide bonds. The average molecular weight is 282 g/mol. The number of hydrogen-bond donors (Lipinski definition) is 1. The van der Waals surface area contributed by atoms with Crippen LogP contribution in [0.2, 0.25) is 0 Å². The molecule has 0 saturated heterocycles. The van der Waals surface area contributed by atoms with Gasteiger partial charge in [0.15, 0.2) is 3.92 Å². The molecule has 1 heterocycles. The summed E-state index contributed by atoms with van der Waals surface area (Å²) in [7, 11) is 0. The third-order valence-electron chi connectivity index (χ3n) is 1.62. The van der Waals surface area contributed by atoms with Crippen molar-refractivity contribution in [2.24, 2.45) is 0 Å². The second-order valence-corrected chi connectivity index (χ2v) is 6.94. The maximum absolute atomic E-state index is 3.95. The molecule has 0 aliphatic carbocycles. The van der Waals surface area contributed by atoms with Gasteiger partial charge in [0, 0.05) is 11.3 Å². The van der Waals surface area contributed by atoms with E-state index in [0.717, 1.165) is 15.6 Å². The van der Waals surface area contributed by atoms with Crippen LogP contribution in [0.5, 0.6) is 0 Å². The van der Waals surface area contributed by atoms with Gasteiger partial charge in [0.2, 0.25) is 5.13 Å². The van der Waals surface area contributed by atoms with Gasteiger partial charge in [-0.15, -0.1) is 10.2 Å². The minimum atomic E-state index is 0.234. The second kappa shape index (κ2) is 4.61. The summed E-state index contributed by atoms with van der Waals surface area (Å²) >= 11 is 6.62. The molecule has 1 aromatic rings. The van der Waals surface area contributed by atoms with Crippen LogP contribution < -0.4 is 5.32 Å². The highest BCUT2D eigenvalue weighted by atomic mass is 79.9. The largest absolute Gasteiger partial charge is 0.359 e. The second-order valence-electron chi connectivity index (χ2n) is 3.18. The summed E-state index contributed by atoms with van der Waals surface area (Å²) in [6.45, 7) is 5.29. The summed E-state index contributed by atoms with van der Waals surface area (Å²) < 4.78 is 1.05. The van der Waals surface area contributed by atoms with Crippen LogP contribution in [0, 0.1) is 0 Å². The predicted octanol–water partition coefficient (Wildman–Crippen LogP) is 2.85. The van der Waals surface area contributed by atoms with Crippen molar-refractivity contribution in [3.8, 4) is 0 Å². The van der Waals surface area contributed by atoms with Crippen LogP contribution in [0.1, 0.15) is 13.8 Å². The molecular weight excluding hydrogens is 270 g/mol. The first-order chi connectivity index (χ1) is 6.03.